The summed E-state index contributed by atoms with van der Waals surface area (Å²) in [6.45, 7) is 0. The average molecular weight is 353 g/mol. The molecule has 0 aliphatic heterocycles. The molecule has 2 aromatic carbocycles. The van der Waals surface area contributed by atoms with E-state index in [2.05, 4.69) is 4.98 Å². The van der Waals surface area contributed by atoms with Crippen LogP contribution in [0.5, 0.6) is 5.75 Å². The zero-order valence-electron chi connectivity index (χ0n) is 13.9. The lowest BCUT2D eigenvalue weighted by Crippen LogP contribution is -2.26. The summed E-state index contributed by atoms with van der Waals surface area (Å²) in [5.74, 6) is 0.492. The van der Waals surface area contributed by atoms with Crippen molar-refractivity contribution in [1.82, 2.24) is 4.98 Å². The molecule has 0 aliphatic rings. The van der Waals surface area contributed by atoms with Crippen LogP contribution in [0.1, 0.15) is 10.4 Å². The molecule has 3 rings (SSSR count). The number of amides is 1. The maximum Gasteiger partial charge on any atom is 0.258 e. The van der Waals surface area contributed by atoms with E-state index in [0.717, 1.165) is 11.1 Å². The zero-order valence-corrected chi connectivity index (χ0v) is 14.7. The minimum Gasteiger partial charge on any atom is -0.495 e. The summed E-state index contributed by atoms with van der Waals surface area (Å²) < 4.78 is 5.34. The molecule has 5 heteroatoms. The quantitative estimate of drug-likeness (QED) is 0.684. The van der Waals surface area contributed by atoms with Gasteiger partial charge in [0.2, 0.25) is 0 Å². The van der Waals surface area contributed by atoms with E-state index in [1.165, 1.54) is 0 Å². The number of aromatic nitrogens is 1. The number of benzene rings is 2. The maximum atomic E-state index is 12.9. The number of halogens is 1. The van der Waals surface area contributed by atoms with Crippen LogP contribution in [-0.4, -0.2) is 25.0 Å². The van der Waals surface area contributed by atoms with Gasteiger partial charge in [0.25, 0.3) is 5.91 Å². The fraction of sp³-hybridized carbons (Fsp3) is 0.100. The molecule has 3 aromatic rings. The molecule has 126 valence electrons. The van der Waals surface area contributed by atoms with Crippen molar-refractivity contribution < 1.29 is 9.53 Å². The second-order valence-electron chi connectivity index (χ2n) is 5.47. The minimum atomic E-state index is -0.147. The number of hydrogen-bond donors (Lipinski definition) is 0. The van der Waals surface area contributed by atoms with E-state index in [1.54, 1.807) is 49.7 Å². The maximum absolute atomic E-state index is 12.9. The van der Waals surface area contributed by atoms with Crippen molar-refractivity contribution in [1.29, 1.82) is 0 Å². The summed E-state index contributed by atoms with van der Waals surface area (Å²) in [6, 6.07) is 16.4. The van der Waals surface area contributed by atoms with Crippen LogP contribution in [0.2, 0.25) is 5.02 Å². The van der Waals surface area contributed by atoms with Gasteiger partial charge in [0.15, 0.2) is 0 Å². The first-order chi connectivity index (χ1) is 12.1. The number of carbonyl (C=O) groups is 1. The lowest BCUT2D eigenvalue weighted by molar-refractivity contribution is 0.0992. The molecule has 0 saturated carbocycles. The van der Waals surface area contributed by atoms with Gasteiger partial charge in [-0.15, -0.1) is 0 Å². The summed E-state index contributed by atoms with van der Waals surface area (Å²) in [4.78, 5) is 18.6. The van der Waals surface area contributed by atoms with Crippen LogP contribution in [0.25, 0.3) is 11.1 Å². The molecule has 0 bridgehead atoms. The topological polar surface area (TPSA) is 42.4 Å². The number of rotatable bonds is 4. The Labute approximate surface area is 151 Å². The normalized spacial score (nSPS) is 10.4. The molecule has 1 amide bonds. The van der Waals surface area contributed by atoms with Crippen molar-refractivity contribution in [2.24, 2.45) is 0 Å². The van der Waals surface area contributed by atoms with Crippen molar-refractivity contribution in [2.75, 3.05) is 19.1 Å². The Kier molecular flexibility index (Phi) is 5.00. The Morgan fingerprint density at radius 1 is 1.12 bits per heavy atom. The van der Waals surface area contributed by atoms with Gasteiger partial charge in [-0.05, 0) is 36.4 Å². The van der Waals surface area contributed by atoms with Gasteiger partial charge >= 0.3 is 0 Å². The fourth-order valence-corrected chi connectivity index (χ4v) is 2.84. The highest BCUT2D eigenvalue weighted by atomic mass is 35.5. The van der Waals surface area contributed by atoms with Gasteiger partial charge in [-0.3, -0.25) is 9.78 Å². The number of pyridine rings is 1. The monoisotopic (exact) mass is 352 g/mol. The summed E-state index contributed by atoms with van der Waals surface area (Å²) >= 11 is 6.31. The lowest BCUT2D eigenvalue weighted by atomic mass is 10.0. The molecule has 0 unspecified atom stereocenters. The molecular weight excluding hydrogens is 336 g/mol. The van der Waals surface area contributed by atoms with Crippen molar-refractivity contribution in [3.05, 3.63) is 77.6 Å². The van der Waals surface area contributed by atoms with Gasteiger partial charge in [-0.2, -0.15) is 0 Å². The molecule has 25 heavy (non-hydrogen) atoms. The Bertz CT molecular complexity index is 897. The Morgan fingerprint density at radius 2 is 1.92 bits per heavy atom. The van der Waals surface area contributed by atoms with Gasteiger partial charge in [-0.1, -0.05) is 29.8 Å². The Balaban J connectivity index is 1.98. The van der Waals surface area contributed by atoms with Crippen LogP contribution in [0.3, 0.4) is 0 Å². The van der Waals surface area contributed by atoms with Crippen LogP contribution in [-0.2, 0) is 0 Å². The van der Waals surface area contributed by atoms with Crippen LogP contribution in [0.4, 0.5) is 5.69 Å². The second-order valence-corrected chi connectivity index (χ2v) is 5.88. The number of methoxy groups -OCH3 is 1. The molecular formula is C20H17ClN2O2. The summed E-state index contributed by atoms with van der Waals surface area (Å²) in [7, 11) is 3.30. The van der Waals surface area contributed by atoms with Crippen molar-refractivity contribution >= 4 is 23.2 Å². The second kappa shape index (κ2) is 7.36. The van der Waals surface area contributed by atoms with Gasteiger partial charge in [0, 0.05) is 41.2 Å². The van der Waals surface area contributed by atoms with Crippen LogP contribution < -0.4 is 9.64 Å². The van der Waals surface area contributed by atoms with E-state index < -0.39 is 0 Å². The van der Waals surface area contributed by atoms with Gasteiger partial charge in [0.05, 0.1) is 12.8 Å². The third-order valence-electron chi connectivity index (χ3n) is 3.94. The molecule has 1 aromatic heterocycles. The molecule has 0 N–H and O–H groups in total. The van der Waals surface area contributed by atoms with Crippen molar-refractivity contribution in [3.8, 4) is 16.9 Å². The molecule has 4 nitrogen and oxygen atoms in total. The largest absolute Gasteiger partial charge is 0.495 e. The number of anilines is 1. The summed E-state index contributed by atoms with van der Waals surface area (Å²) in [5, 5.41) is 0.574. The van der Waals surface area contributed by atoms with Crippen LogP contribution in [0, 0.1) is 0 Å². The average Bonchev–Trinajstić information content (AvgIpc) is 2.68. The van der Waals surface area contributed by atoms with Crippen LogP contribution in [0.15, 0.2) is 67.0 Å². The van der Waals surface area contributed by atoms with Crippen molar-refractivity contribution in [2.45, 2.75) is 0 Å². The van der Waals surface area contributed by atoms with Gasteiger partial charge in [-0.25, -0.2) is 0 Å². The standard InChI is InChI=1S/C20H17ClN2O2/c1-23(18-7-3-4-8-19(18)25-2)20(24)14-9-10-17(21)16(12-14)15-6-5-11-22-13-15/h3-13H,1-2H3. The van der Waals surface area contributed by atoms with E-state index >= 15 is 0 Å². The summed E-state index contributed by atoms with van der Waals surface area (Å²) in [5.41, 5.74) is 2.88. The van der Waals surface area contributed by atoms with E-state index in [-0.39, 0.29) is 5.91 Å². The van der Waals surface area contributed by atoms with E-state index in [0.29, 0.717) is 22.0 Å². The Morgan fingerprint density at radius 3 is 2.64 bits per heavy atom. The first-order valence-electron chi connectivity index (χ1n) is 7.73. The molecule has 0 atom stereocenters. The molecule has 0 spiro atoms. The number of hydrogen-bond acceptors (Lipinski definition) is 3. The predicted octanol–water partition coefficient (Wildman–Crippen LogP) is 4.69. The highest BCUT2D eigenvalue weighted by Crippen LogP contribution is 2.31. The molecule has 1 heterocycles. The van der Waals surface area contributed by atoms with E-state index in [4.69, 9.17) is 16.3 Å². The summed E-state index contributed by atoms with van der Waals surface area (Å²) in [6.07, 6.45) is 3.42. The number of ether oxygens (including phenoxy) is 1. The molecule has 0 aliphatic carbocycles. The third kappa shape index (κ3) is 3.49. The molecule has 0 saturated heterocycles. The first-order valence-corrected chi connectivity index (χ1v) is 8.10. The smallest absolute Gasteiger partial charge is 0.258 e. The molecule has 0 radical (unpaired) electrons. The number of para-hydroxylation sites is 2. The Hall–Kier alpha value is -2.85. The third-order valence-corrected chi connectivity index (χ3v) is 4.27. The first kappa shape index (κ1) is 17.0. The SMILES string of the molecule is COc1ccccc1N(C)C(=O)c1ccc(Cl)c(-c2cccnc2)c1. The van der Waals surface area contributed by atoms with E-state index in [1.807, 2.05) is 36.4 Å². The number of nitrogens with zero attached hydrogens (tertiary/aromatic N) is 2. The zero-order chi connectivity index (χ0) is 17.8. The predicted molar refractivity (Wildman–Crippen MR) is 100 cm³/mol. The highest BCUT2D eigenvalue weighted by Gasteiger charge is 2.18. The van der Waals surface area contributed by atoms with Crippen LogP contribution >= 0.6 is 11.6 Å². The highest BCUT2D eigenvalue weighted by molar-refractivity contribution is 6.33. The fourth-order valence-electron chi connectivity index (χ4n) is 2.61. The molecule has 0 fully saturated rings. The van der Waals surface area contributed by atoms with Crippen molar-refractivity contribution in [3.63, 3.8) is 0 Å². The van der Waals surface area contributed by atoms with Gasteiger partial charge < -0.3 is 9.64 Å². The lowest BCUT2D eigenvalue weighted by Gasteiger charge is -2.20. The van der Waals surface area contributed by atoms with E-state index in [9.17, 15) is 4.79 Å². The van der Waals surface area contributed by atoms with Gasteiger partial charge in [0.1, 0.15) is 5.75 Å². The minimum absolute atomic E-state index is 0.147. The number of carbonyl (C=O) groups excluding carboxylic acids is 1.